The largest absolute Gasteiger partial charge is 0.326 e. The summed E-state index contributed by atoms with van der Waals surface area (Å²) < 4.78 is 14.8. The van der Waals surface area contributed by atoms with E-state index in [0.717, 1.165) is 0 Å². The maximum Gasteiger partial charge on any atom is 0.252 e. The second-order valence-corrected chi connectivity index (χ2v) is 3.07. The molecule has 1 aromatic heterocycles. The highest BCUT2D eigenvalue weighted by molar-refractivity contribution is 5.41. The zero-order chi connectivity index (χ0) is 11.5. The smallest absolute Gasteiger partial charge is 0.252 e. The summed E-state index contributed by atoms with van der Waals surface area (Å²) in [6, 6.07) is 6.35. The fraction of sp³-hybridized carbons (Fsp3) is 0.100. The normalized spacial score (nSPS) is 10.1. The van der Waals surface area contributed by atoms with Crippen molar-refractivity contribution in [2.45, 2.75) is 6.54 Å². The third-order valence-electron chi connectivity index (χ3n) is 2.14. The van der Waals surface area contributed by atoms with Gasteiger partial charge in [-0.3, -0.25) is 0 Å². The van der Waals surface area contributed by atoms with Crippen LogP contribution in [0.2, 0.25) is 0 Å². The summed E-state index contributed by atoms with van der Waals surface area (Å²) in [6.45, 7) is 0.0593. The van der Waals surface area contributed by atoms with Crippen LogP contribution in [0.1, 0.15) is 11.4 Å². The molecule has 1 heterocycles. The van der Waals surface area contributed by atoms with Gasteiger partial charge in [0.05, 0.1) is 5.69 Å². The van der Waals surface area contributed by atoms with Crippen molar-refractivity contribution in [2.75, 3.05) is 0 Å². The highest BCUT2D eigenvalue weighted by atomic mass is 19.1. The molecule has 0 fully saturated rings. The lowest BCUT2D eigenvalue weighted by atomic mass is 10.1. The molecule has 16 heavy (non-hydrogen) atoms. The Morgan fingerprint density at radius 3 is 2.94 bits per heavy atom. The molecule has 0 unspecified atom stereocenters. The number of nitriles is 1. The maximum atomic E-state index is 13.4. The summed E-state index contributed by atoms with van der Waals surface area (Å²) in [5.41, 5.74) is 6.30. The van der Waals surface area contributed by atoms with Gasteiger partial charge in [0.1, 0.15) is 18.2 Å². The van der Waals surface area contributed by atoms with Crippen molar-refractivity contribution >= 4 is 0 Å². The molecule has 5 nitrogen and oxygen atoms in total. The van der Waals surface area contributed by atoms with Crippen LogP contribution < -0.4 is 5.73 Å². The molecule has 2 N–H and O–H groups in total. The highest BCUT2D eigenvalue weighted by Gasteiger charge is 2.10. The Morgan fingerprint density at radius 1 is 1.50 bits per heavy atom. The summed E-state index contributed by atoms with van der Waals surface area (Å²) >= 11 is 0. The van der Waals surface area contributed by atoms with E-state index in [1.807, 2.05) is 0 Å². The molecule has 0 saturated heterocycles. The minimum Gasteiger partial charge on any atom is -0.326 e. The Balaban J connectivity index is 2.56. The number of rotatable bonds is 2. The second-order valence-electron chi connectivity index (χ2n) is 3.07. The van der Waals surface area contributed by atoms with Crippen molar-refractivity contribution in [3.8, 4) is 11.8 Å². The molecule has 2 rings (SSSR count). The molecule has 0 aliphatic carbocycles. The van der Waals surface area contributed by atoms with Crippen molar-refractivity contribution in [3.63, 3.8) is 0 Å². The average molecular weight is 217 g/mol. The molecule has 0 saturated carbocycles. The van der Waals surface area contributed by atoms with E-state index in [4.69, 9.17) is 11.0 Å². The topological polar surface area (TPSA) is 80.5 Å². The molecule has 0 radical (unpaired) electrons. The van der Waals surface area contributed by atoms with Gasteiger partial charge in [-0.25, -0.2) is 14.1 Å². The van der Waals surface area contributed by atoms with Gasteiger partial charge in [0, 0.05) is 12.1 Å². The quantitative estimate of drug-likeness (QED) is 0.804. The first-order chi connectivity index (χ1) is 7.76. The van der Waals surface area contributed by atoms with Gasteiger partial charge in [0.25, 0.3) is 5.82 Å². The van der Waals surface area contributed by atoms with Crippen LogP contribution in [0, 0.1) is 17.1 Å². The Morgan fingerprint density at radius 2 is 2.31 bits per heavy atom. The molecule has 80 valence electrons. The lowest BCUT2D eigenvalue weighted by Gasteiger charge is -2.07. The zero-order valence-electron chi connectivity index (χ0n) is 8.26. The molecule has 2 aromatic rings. The Kier molecular flexibility index (Phi) is 2.62. The summed E-state index contributed by atoms with van der Waals surface area (Å²) in [7, 11) is 0. The van der Waals surface area contributed by atoms with Crippen LogP contribution in [0.4, 0.5) is 4.39 Å². The van der Waals surface area contributed by atoms with Crippen LogP contribution in [-0.2, 0) is 6.54 Å². The molecule has 0 atom stereocenters. The summed E-state index contributed by atoms with van der Waals surface area (Å²) in [5, 5.41) is 12.5. The van der Waals surface area contributed by atoms with Crippen LogP contribution in [0.25, 0.3) is 5.69 Å². The lowest BCUT2D eigenvalue weighted by molar-refractivity contribution is 0.607. The van der Waals surface area contributed by atoms with E-state index in [-0.39, 0.29) is 12.4 Å². The number of nitrogens with zero attached hydrogens (tertiary/aromatic N) is 4. The second kappa shape index (κ2) is 4.08. The third-order valence-corrected chi connectivity index (χ3v) is 2.14. The first kappa shape index (κ1) is 10.3. The monoisotopic (exact) mass is 217 g/mol. The van der Waals surface area contributed by atoms with Gasteiger partial charge in [0.2, 0.25) is 0 Å². The predicted octanol–water partition coefficient (Wildman–Crippen LogP) is 0.737. The molecular weight excluding hydrogens is 209 g/mol. The van der Waals surface area contributed by atoms with Crippen LogP contribution in [0.15, 0.2) is 24.5 Å². The van der Waals surface area contributed by atoms with Crippen molar-refractivity contribution in [1.82, 2.24) is 14.8 Å². The molecule has 0 aliphatic rings. The van der Waals surface area contributed by atoms with Gasteiger partial charge in [-0.2, -0.15) is 5.26 Å². The van der Waals surface area contributed by atoms with Gasteiger partial charge in [-0.15, -0.1) is 5.10 Å². The SMILES string of the molecule is N#Cc1ncn(-c2cccc(F)c2CN)n1. The highest BCUT2D eigenvalue weighted by Crippen LogP contribution is 2.16. The first-order valence-corrected chi connectivity index (χ1v) is 4.56. The van der Waals surface area contributed by atoms with Crippen LogP contribution >= 0.6 is 0 Å². The number of hydrogen-bond donors (Lipinski definition) is 1. The summed E-state index contributed by atoms with van der Waals surface area (Å²) in [6.07, 6.45) is 1.35. The number of aromatic nitrogens is 3. The van der Waals surface area contributed by atoms with E-state index in [0.29, 0.717) is 11.3 Å². The number of benzene rings is 1. The Labute approximate surface area is 90.9 Å². The minimum absolute atomic E-state index is 0.0345. The molecule has 1 aromatic carbocycles. The molecule has 0 aliphatic heterocycles. The fourth-order valence-corrected chi connectivity index (χ4v) is 1.39. The van der Waals surface area contributed by atoms with Crippen LogP contribution in [-0.4, -0.2) is 14.8 Å². The van der Waals surface area contributed by atoms with Crippen molar-refractivity contribution in [3.05, 3.63) is 41.7 Å². The van der Waals surface area contributed by atoms with Crippen LogP contribution in [0.5, 0.6) is 0 Å². The van der Waals surface area contributed by atoms with E-state index in [1.54, 1.807) is 18.2 Å². The third kappa shape index (κ3) is 1.64. The van der Waals surface area contributed by atoms with E-state index in [1.165, 1.54) is 17.1 Å². The minimum atomic E-state index is -0.394. The lowest BCUT2D eigenvalue weighted by Crippen LogP contribution is -2.07. The fourth-order valence-electron chi connectivity index (χ4n) is 1.39. The van der Waals surface area contributed by atoms with E-state index < -0.39 is 5.82 Å². The van der Waals surface area contributed by atoms with Crippen molar-refractivity contribution in [1.29, 1.82) is 5.26 Å². The van der Waals surface area contributed by atoms with E-state index in [2.05, 4.69) is 10.1 Å². The number of hydrogen-bond acceptors (Lipinski definition) is 4. The van der Waals surface area contributed by atoms with Gasteiger partial charge in [0.15, 0.2) is 0 Å². The molecule has 0 spiro atoms. The molecule has 0 amide bonds. The van der Waals surface area contributed by atoms with Crippen molar-refractivity contribution in [2.24, 2.45) is 5.73 Å². The van der Waals surface area contributed by atoms with E-state index in [9.17, 15) is 4.39 Å². The first-order valence-electron chi connectivity index (χ1n) is 4.56. The predicted molar refractivity (Wildman–Crippen MR) is 53.9 cm³/mol. The van der Waals surface area contributed by atoms with Crippen molar-refractivity contribution < 1.29 is 4.39 Å². The molecular formula is C10H8FN5. The number of nitrogens with two attached hydrogens (primary N) is 1. The Hall–Kier alpha value is -2.26. The van der Waals surface area contributed by atoms with Gasteiger partial charge < -0.3 is 5.73 Å². The van der Waals surface area contributed by atoms with E-state index >= 15 is 0 Å². The van der Waals surface area contributed by atoms with Gasteiger partial charge in [-0.05, 0) is 12.1 Å². The molecule has 6 heteroatoms. The summed E-state index contributed by atoms with van der Waals surface area (Å²) in [4.78, 5) is 3.74. The average Bonchev–Trinajstić information content (AvgIpc) is 2.77. The molecule has 0 bridgehead atoms. The van der Waals surface area contributed by atoms with Gasteiger partial charge in [-0.1, -0.05) is 6.07 Å². The van der Waals surface area contributed by atoms with Gasteiger partial charge >= 0.3 is 0 Å². The number of halogens is 1. The zero-order valence-corrected chi connectivity index (χ0v) is 8.26. The van der Waals surface area contributed by atoms with Crippen LogP contribution in [0.3, 0.4) is 0 Å². The Bertz CT molecular complexity index is 555. The summed E-state index contributed by atoms with van der Waals surface area (Å²) in [5.74, 6) is -0.360. The standard InChI is InChI=1S/C10H8FN5/c11-8-2-1-3-9(7(8)4-12)16-6-14-10(5-13)15-16/h1-3,6H,4,12H2. The maximum absolute atomic E-state index is 13.4.